The summed E-state index contributed by atoms with van der Waals surface area (Å²) in [5.41, 5.74) is 5.56. The van der Waals surface area contributed by atoms with Crippen LogP contribution < -0.4 is 5.73 Å². The fourth-order valence-corrected chi connectivity index (χ4v) is 3.37. The summed E-state index contributed by atoms with van der Waals surface area (Å²) in [7, 11) is 0. The summed E-state index contributed by atoms with van der Waals surface area (Å²) in [5, 5.41) is 9.11. The van der Waals surface area contributed by atoms with Gasteiger partial charge >= 0.3 is 5.97 Å². The van der Waals surface area contributed by atoms with Crippen LogP contribution in [0.5, 0.6) is 0 Å². The summed E-state index contributed by atoms with van der Waals surface area (Å²) in [5.74, 6) is -0.821. The van der Waals surface area contributed by atoms with Gasteiger partial charge in [-0.15, -0.1) is 11.8 Å². The van der Waals surface area contributed by atoms with Crippen LogP contribution in [0.3, 0.4) is 0 Å². The van der Waals surface area contributed by atoms with Crippen LogP contribution in [0.4, 0.5) is 0 Å². The molecule has 98 valence electrons. The predicted molar refractivity (Wildman–Crippen MR) is 67.6 cm³/mol. The molecule has 1 amide bonds. The number of amides is 1. The molecular weight excluding hydrogens is 240 g/mol. The van der Waals surface area contributed by atoms with Crippen LogP contribution in [-0.4, -0.2) is 45.6 Å². The number of carbonyl (C=O) groups excluding carboxylic acids is 1. The molecule has 1 rings (SSSR count). The highest BCUT2D eigenvalue weighted by Crippen LogP contribution is 2.32. The molecule has 1 saturated heterocycles. The first-order valence-electron chi connectivity index (χ1n) is 5.93. The van der Waals surface area contributed by atoms with Gasteiger partial charge in [-0.05, 0) is 12.8 Å². The highest BCUT2D eigenvalue weighted by Gasteiger charge is 2.42. The van der Waals surface area contributed by atoms with E-state index >= 15 is 0 Å². The van der Waals surface area contributed by atoms with Gasteiger partial charge in [0.2, 0.25) is 5.91 Å². The van der Waals surface area contributed by atoms with E-state index in [9.17, 15) is 9.59 Å². The van der Waals surface area contributed by atoms with Crippen molar-refractivity contribution in [2.45, 2.75) is 38.1 Å². The smallest absolute Gasteiger partial charge is 0.327 e. The van der Waals surface area contributed by atoms with E-state index in [-0.39, 0.29) is 23.7 Å². The lowest BCUT2D eigenvalue weighted by Gasteiger charge is -2.29. The van der Waals surface area contributed by atoms with Crippen LogP contribution in [0.1, 0.15) is 26.7 Å². The average Bonchev–Trinajstić information content (AvgIpc) is 2.73. The Kier molecular flexibility index (Phi) is 5.27. The SMILES string of the molecule is CCC(CN)C(=O)N1C(CC)SCC1C(=O)O. The maximum Gasteiger partial charge on any atom is 0.327 e. The number of carboxylic acids is 1. The van der Waals surface area contributed by atoms with E-state index in [1.165, 1.54) is 16.7 Å². The van der Waals surface area contributed by atoms with Gasteiger partial charge in [0.15, 0.2) is 0 Å². The van der Waals surface area contributed by atoms with Gasteiger partial charge in [-0.2, -0.15) is 0 Å². The van der Waals surface area contributed by atoms with Gasteiger partial charge in [0, 0.05) is 12.3 Å². The third-order valence-corrected chi connectivity index (χ3v) is 4.56. The zero-order valence-corrected chi connectivity index (χ0v) is 11.1. The second-order valence-corrected chi connectivity index (χ2v) is 5.35. The summed E-state index contributed by atoms with van der Waals surface area (Å²) >= 11 is 1.54. The van der Waals surface area contributed by atoms with Gasteiger partial charge in [0.05, 0.1) is 11.3 Å². The average molecular weight is 260 g/mol. The second kappa shape index (κ2) is 6.26. The van der Waals surface area contributed by atoms with Crippen LogP contribution in [0.25, 0.3) is 0 Å². The van der Waals surface area contributed by atoms with E-state index in [0.717, 1.165) is 6.42 Å². The Labute approximate surface area is 106 Å². The minimum Gasteiger partial charge on any atom is -0.480 e. The lowest BCUT2D eigenvalue weighted by Crippen LogP contribution is -2.49. The first-order chi connectivity index (χ1) is 8.06. The van der Waals surface area contributed by atoms with E-state index in [1.807, 2.05) is 13.8 Å². The topological polar surface area (TPSA) is 83.6 Å². The third-order valence-electron chi connectivity index (χ3n) is 3.11. The monoisotopic (exact) mass is 260 g/mol. The van der Waals surface area contributed by atoms with Gasteiger partial charge < -0.3 is 15.7 Å². The molecule has 0 bridgehead atoms. The molecule has 0 radical (unpaired) electrons. The second-order valence-electron chi connectivity index (χ2n) is 4.14. The summed E-state index contributed by atoms with van der Waals surface area (Å²) in [6, 6.07) is -0.696. The number of nitrogens with two attached hydrogens (primary N) is 1. The summed E-state index contributed by atoms with van der Waals surface area (Å²) < 4.78 is 0. The number of rotatable bonds is 5. The molecule has 0 aromatic rings. The lowest BCUT2D eigenvalue weighted by atomic mass is 10.0. The molecule has 0 aliphatic carbocycles. The van der Waals surface area contributed by atoms with Crippen LogP contribution in [0, 0.1) is 5.92 Å². The Bertz CT molecular complexity index is 294. The minimum atomic E-state index is -0.923. The quantitative estimate of drug-likeness (QED) is 0.761. The molecule has 5 nitrogen and oxygen atoms in total. The van der Waals surface area contributed by atoms with Crippen LogP contribution in [-0.2, 0) is 9.59 Å². The van der Waals surface area contributed by atoms with E-state index < -0.39 is 12.0 Å². The fourth-order valence-electron chi connectivity index (χ4n) is 2.02. The largest absolute Gasteiger partial charge is 0.480 e. The molecule has 1 fully saturated rings. The van der Waals surface area contributed by atoms with Gasteiger partial charge in [-0.3, -0.25) is 4.79 Å². The molecular formula is C11H20N2O3S. The maximum absolute atomic E-state index is 12.3. The normalized spacial score (nSPS) is 25.9. The van der Waals surface area contributed by atoms with Crippen molar-refractivity contribution in [2.75, 3.05) is 12.3 Å². The first-order valence-corrected chi connectivity index (χ1v) is 6.98. The predicted octanol–water partition coefficient (Wildman–Crippen LogP) is 0.736. The summed E-state index contributed by atoms with van der Waals surface area (Å²) in [6.45, 7) is 4.14. The zero-order chi connectivity index (χ0) is 13.0. The lowest BCUT2D eigenvalue weighted by molar-refractivity contribution is -0.150. The molecule has 6 heteroatoms. The van der Waals surface area contributed by atoms with E-state index in [0.29, 0.717) is 12.2 Å². The van der Waals surface area contributed by atoms with Crippen molar-refractivity contribution < 1.29 is 14.7 Å². The van der Waals surface area contributed by atoms with Crippen LogP contribution >= 0.6 is 11.8 Å². The van der Waals surface area contributed by atoms with Gasteiger partial charge in [0.1, 0.15) is 6.04 Å². The molecule has 3 unspecified atom stereocenters. The van der Waals surface area contributed by atoms with Crippen molar-refractivity contribution >= 4 is 23.6 Å². The number of hydrogen-bond acceptors (Lipinski definition) is 4. The Morgan fingerprint density at radius 2 is 2.18 bits per heavy atom. The molecule has 1 aliphatic rings. The summed E-state index contributed by atoms with van der Waals surface area (Å²) in [4.78, 5) is 24.9. The van der Waals surface area contributed by atoms with Crippen LogP contribution in [0.15, 0.2) is 0 Å². The zero-order valence-electron chi connectivity index (χ0n) is 10.3. The van der Waals surface area contributed by atoms with Gasteiger partial charge in [0.25, 0.3) is 0 Å². The Balaban J connectivity index is 2.88. The molecule has 1 heterocycles. The molecule has 0 aromatic heterocycles. The fraction of sp³-hybridized carbons (Fsp3) is 0.818. The summed E-state index contributed by atoms with van der Waals surface area (Å²) in [6.07, 6.45) is 1.42. The molecule has 0 saturated carbocycles. The van der Waals surface area contributed by atoms with Gasteiger partial charge in [-0.25, -0.2) is 4.79 Å². The molecule has 3 atom stereocenters. The van der Waals surface area contributed by atoms with Crippen LogP contribution in [0.2, 0.25) is 0 Å². The molecule has 0 aromatic carbocycles. The van der Waals surface area contributed by atoms with Crippen molar-refractivity contribution in [3.8, 4) is 0 Å². The van der Waals surface area contributed by atoms with Crippen molar-refractivity contribution in [1.82, 2.24) is 4.90 Å². The number of carboxylic acid groups (broad SMARTS) is 1. The first kappa shape index (κ1) is 14.3. The highest BCUT2D eigenvalue weighted by atomic mass is 32.2. The number of hydrogen-bond donors (Lipinski definition) is 2. The molecule has 0 spiro atoms. The van der Waals surface area contributed by atoms with E-state index in [4.69, 9.17) is 10.8 Å². The standard InChI is InChI=1S/C11H20N2O3S/c1-3-7(5-12)10(14)13-8(11(15)16)6-17-9(13)4-2/h7-9H,3-6,12H2,1-2H3,(H,15,16). The van der Waals surface area contributed by atoms with Crippen molar-refractivity contribution in [3.63, 3.8) is 0 Å². The van der Waals surface area contributed by atoms with Crippen molar-refractivity contribution in [2.24, 2.45) is 11.7 Å². The Morgan fingerprint density at radius 3 is 2.59 bits per heavy atom. The highest BCUT2D eigenvalue weighted by molar-refractivity contribution is 8.00. The molecule has 17 heavy (non-hydrogen) atoms. The molecule has 1 aliphatic heterocycles. The van der Waals surface area contributed by atoms with E-state index in [2.05, 4.69) is 0 Å². The third kappa shape index (κ3) is 2.93. The van der Waals surface area contributed by atoms with E-state index in [1.54, 1.807) is 0 Å². The van der Waals surface area contributed by atoms with Crippen molar-refractivity contribution in [3.05, 3.63) is 0 Å². The van der Waals surface area contributed by atoms with Gasteiger partial charge in [-0.1, -0.05) is 13.8 Å². The number of carbonyl (C=O) groups is 2. The maximum atomic E-state index is 12.3. The van der Waals surface area contributed by atoms with Crippen molar-refractivity contribution in [1.29, 1.82) is 0 Å². The Morgan fingerprint density at radius 1 is 1.53 bits per heavy atom. The molecule has 3 N–H and O–H groups in total. The number of thioether (sulfide) groups is 1. The number of nitrogens with zero attached hydrogens (tertiary/aromatic N) is 1. The number of aliphatic carboxylic acids is 1. The minimum absolute atomic E-state index is 0.0239. The Hall–Kier alpha value is -0.750.